The topological polar surface area (TPSA) is 111 Å². The summed E-state index contributed by atoms with van der Waals surface area (Å²) in [4.78, 5) is 11.3. The lowest BCUT2D eigenvalue weighted by molar-refractivity contribution is 0.100. The lowest BCUT2D eigenvalue weighted by Gasteiger charge is -2.21. The molecule has 0 saturated carbocycles. The number of hydrogen-bond acceptors (Lipinski definition) is 6. The summed E-state index contributed by atoms with van der Waals surface area (Å²) in [6.07, 6.45) is 1.38. The third-order valence-electron chi connectivity index (χ3n) is 3.26. The van der Waals surface area contributed by atoms with E-state index in [2.05, 4.69) is 15.5 Å². The molecule has 1 aliphatic rings. The van der Waals surface area contributed by atoms with Crippen LogP contribution in [0.15, 0.2) is 18.3 Å². The fraction of sp³-hybridized carbons (Fsp3) is 0.286. The second-order valence-corrected chi connectivity index (χ2v) is 4.70. The number of hydrogen-bond donors (Lipinski definition) is 3. The summed E-state index contributed by atoms with van der Waals surface area (Å²) in [5.74, 6) is 1.78. The van der Waals surface area contributed by atoms with Gasteiger partial charge in [-0.1, -0.05) is 0 Å². The number of carbonyl (C=O) groups is 1. The Morgan fingerprint density at radius 2 is 2.27 bits per heavy atom. The van der Waals surface area contributed by atoms with E-state index in [0.717, 1.165) is 5.56 Å². The van der Waals surface area contributed by atoms with Crippen molar-refractivity contribution in [1.29, 1.82) is 0 Å². The van der Waals surface area contributed by atoms with Crippen LogP contribution in [-0.2, 0) is 6.54 Å². The van der Waals surface area contributed by atoms with Gasteiger partial charge in [0, 0.05) is 6.54 Å². The van der Waals surface area contributed by atoms with Crippen LogP contribution in [-0.4, -0.2) is 36.4 Å². The lowest BCUT2D eigenvalue weighted by Crippen LogP contribution is -2.17. The van der Waals surface area contributed by atoms with Crippen LogP contribution >= 0.6 is 0 Å². The van der Waals surface area contributed by atoms with E-state index in [-0.39, 0.29) is 0 Å². The second kappa shape index (κ2) is 5.84. The van der Waals surface area contributed by atoms with E-state index >= 15 is 0 Å². The Labute approximate surface area is 126 Å². The minimum Gasteiger partial charge on any atom is -0.493 e. The first-order valence-corrected chi connectivity index (χ1v) is 6.72. The van der Waals surface area contributed by atoms with Crippen molar-refractivity contribution in [2.24, 2.45) is 5.73 Å². The highest BCUT2D eigenvalue weighted by atomic mass is 16.6. The molecule has 0 fully saturated rings. The fourth-order valence-corrected chi connectivity index (χ4v) is 2.23. The van der Waals surface area contributed by atoms with Gasteiger partial charge in [0.15, 0.2) is 11.5 Å². The predicted octanol–water partition coefficient (Wildman–Crippen LogP) is 0.900. The third-order valence-corrected chi connectivity index (χ3v) is 3.26. The molecule has 1 aromatic carbocycles. The SMILES string of the molecule is COc1cc(CNc2[nH]ncc2C(N)=O)cc2c1OCCO2. The zero-order chi connectivity index (χ0) is 15.5. The van der Waals surface area contributed by atoms with Gasteiger partial charge in [-0.25, -0.2) is 0 Å². The van der Waals surface area contributed by atoms with Gasteiger partial charge in [0.1, 0.15) is 24.6 Å². The quantitative estimate of drug-likeness (QED) is 0.756. The third kappa shape index (κ3) is 2.62. The number of H-pyrrole nitrogens is 1. The van der Waals surface area contributed by atoms with Crippen LogP contribution in [0.3, 0.4) is 0 Å². The van der Waals surface area contributed by atoms with Gasteiger partial charge in [-0.2, -0.15) is 5.10 Å². The number of fused-ring (bicyclic) bond motifs is 1. The highest BCUT2D eigenvalue weighted by Gasteiger charge is 2.18. The van der Waals surface area contributed by atoms with Gasteiger partial charge in [0.25, 0.3) is 5.91 Å². The largest absolute Gasteiger partial charge is 0.493 e. The van der Waals surface area contributed by atoms with Crippen LogP contribution in [0.25, 0.3) is 0 Å². The van der Waals surface area contributed by atoms with E-state index in [0.29, 0.717) is 48.4 Å². The summed E-state index contributed by atoms with van der Waals surface area (Å²) in [5, 5.41) is 9.58. The highest BCUT2D eigenvalue weighted by molar-refractivity contribution is 5.97. The Balaban J connectivity index is 1.80. The van der Waals surface area contributed by atoms with E-state index in [9.17, 15) is 4.79 Å². The molecule has 0 bridgehead atoms. The number of nitrogens with two attached hydrogens (primary N) is 1. The molecular formula is C14H16N4O4. The number of anilines is 1. The number of aromatic amines is 1. The van der Waals surface area contributed by atoms with Crippen molar-refractivity contribution >= 4 is 11.7 Å². The van der Waals surface area contributed by atoms with Crippen molar-refractivity contribution in [1.82, 2.24) is 10.2 Å². The monoisotopic (exact) mass is 304 g/mol. The van der Waals surface area contributed by atoms with Crippen LogP contribution in [0.5, 0.6) is 17.2 Å². The predicted molar refractivity (Wildman–Crippen MR) is 78.4 cm³/mol. The number of amides is 1. The standard InChI is InChI=1S/C14H16N4O4/c1-20-10-4-8(5-11-12(10)22-3-2-21-11)6-16-14-9(13(15)19)7-17-18-14/h4-5,7H,2-3,6H2,1H3,(H2,15,19)(H2,16,17,18). The van der Waals surface area contributed by atoms with Gasteiger partial charge in [-0.05, 0) is 17.7 Å². The molecule has 1 amide bonds. The molecule has 0 atom stereocenters. The van der Waals surface area contributed by atoms with Crippen LogP contribution in [0, 0.1) is 0 Å². The van der Waals surface area contributed by atoms with Crippen molar-refractivity contribution in [2.75, 3.05) is 25.6 Å². The molecule has 1 aromatic heterocycles. The maximum Gasteiger partial charge on any atom is 0.254 e. The molecule has 116 valence electrons. The molecule has 22 heavy (non-hydrogen) atoms. The Hall–Kier alpha value is -2.90. The van der Waals surface area contributed by atoms with Crippen molar-refractivity contribution < 1.29 is 19.0 Å². The number of benzene rings is 1. The summed E-state index contributed by atoms with van der Waals surface area (Å²) in [6, 6.07) is 3.71. The van der Waals surface area contributed by atoms with Crippen LogP contribution in [0.2, 0.25) is 0 Å². The van der Waals surface area contributed by atoms with E-state index in [1.807, 2.05) is 12.1 Å². The van der Waals surface area contributed by atoms with Gasteiger partial charge in [-0.3, -0.25) is 9.89 Å². The lowest BCUT2D eigenvalue weighted by atomic mass is 10.1. The molecule has 8 heteroatoms. The number of nitrogens with one attached hydrogen (secondary N) is 2. The number of rotatable bonds is 5. The molecule has 8 nitrogen and oxygen atoms in total. The van der Waals surface area contributed by atoms with Gasteiger partial charge in [0.05, 0.1) is 13.3 Å². The molecule has 4 N–H and O–H groups in total. The smallest absolute Gasteiger partial charge is 0.254 e. The maximum absolute atomic E-state index is 11.3. The van der Waals surface area contributed by atoms with Gasteiger partial charge in [0.2, 0.25) is 5.75 Å². The number of aromatic nitrogens is 2. The molecule has 0 aliphatic carbocycles. The fourth-order valence-electron chi connectivity index (χ4n) is 2.23. The average Bonchev–Trinajstić information content (AvgIpc) is 3.01. The van der Waals surface area contributed by atoms with Crippen LogP contribution < -0.4 is 25.3 Å². The zero-order valence-corrected chi connectivity index (χ0v) is 12.0. The van der Waals surface area contributed by atoms with Crippen LogP contribution in [0.4, 0.5) is 5.82 Å². The molecule has 0 unspecified atom stereocenters. The highest BCUT2D eigenvalue weighted by Crippen LogP contribution is 2.40. The molecular weight excluding hydrogens is 288 g/mol. The van der Waals surface area contributed by atoms with Crippen molar-refractivity contribution in [3.8, 4) is 17.2 Å². The van der Waals surface area contributed by atoms with Gasteiger partial charge < -0.3 is 25.3 Å². The first-order chi connectivity index (χ1) is 10.7. The molecule has 0 radical (unpaired) electrons. The van der Waals surface area contributed by atoms with Crippen molar-refractivity contribution in [3.63, 3.8) is 0 Å². The summed E-state index contributed by atoms with van der Waals surface area (Å²) < 4.78 is 16.5. The van der Waals surface area contributed by atoms with Gasteiger partial charge >= 0.3 is 0 Å². The molecule has 3 rings (SSSR count). The Morgan fingerprint density at radius 3 is 3.05 bits per heavy atom. The Kier molecular flexibility index (Phi) is 3.73. The Morgan fingerprint density at radius 1 is 1.45 bits per heavy atom. The normalized spacial score (nSPS) is 12.8. The molecule has 0 saturated heterocycles. The number of methoxy groups -OCH3 is 1. The average molecular weight is 304 g/mol. The summed E-state index contributed by atoms with van der Waals surface area (Å²) >= 11 is 0. The summed E-state index contributed by atoms with van der Waals surface area (Å²) in [7, 11) is 1.57. The molecule has 0 spiro atoms. The molecule has 2 heterocycles. The maximum atomic E-state index is 11.3. The number of carbonyl (C=O) groups excluding carboxylic acids is 1. The van der Waals surface area contributed by atoms with E-state index < -0.39 is 5.91 Å². The first-order valence-electron chi connectivity index (χ1n) is 6.72. The number of ether oxygens (including phenoxy) is 3. The zero-order valence-electron chi connectivity index (χ0n) is 12.0. The number of nitrogens with zero attached hydrogens (tertiary/aromatic N) is 1. The van der Waals surface area contributed by atoms with E-state index in [1.165, 1.54) is 6.20 Å². The minimum absolute atomic E-state index is 0.310. The van der Waals surface area contributed by atoms with Crippen molar-refractivity contribution in [2.45, 2.75) is 6.54 Å². The number of primary amides is 1. The van der Waals surface area contributed by atoms with E-state index in [4.69, 9.17) is 19.9 Å². The summed E-state index contributed by atoms with van der Waals surface area (Å²) in [6.45, 7) is 1.44. The molecule has 1 aliphatic heterocycles. The van der Waals surface area contributed by atoms with Crippen molar-refractivity contribution in [3.05, 3.63) is 29.5 Å². The van der Waals surface area contributed by atoms with E-state index in [1.54, 1.807) is 7.11 Å². The van der Waals surface area contributed by atoms with Crippen LogP contribution in [0.1, 0.15) is 15.9 Å². The minimum atomic E-state index is -0.545. The summed E-state index contributed by atoms with van der Waals surface area (Å²) in [5.41, 5.74) is 6.49. The Bertz CT molecular complexity index is 681. The first kappa shape index (κ1) is 14.1. The second-order valence-electron chi connectivity index (χ2n) is 4.70. The molecule has 2 aromatic rings. The van der Waals surface area contributed by atoms with Gasteiger partial charge in [-0.15, -0.1) is 0 Å².